The van der Waals surface area contributed by atoms with Crippen LogP contribution in [0.2, 0.25) is 0 Å². The molecule has 0 spiro atoms. The average Bonchev–Trinajstić information content (AvgIpc) is 2.68. The maximum atomic E-state index is 5.91. The Labute approximate surface area is 161 Å². The fourth-order valence-corrected chi connectivity index (χ4v) is 3.15. The van der Waals surface area contributed by atoms with Crippen molar-refractivity contribution in [2.45, 2.75) is 28.7 Å². The number of rotatable bonds is 2. The summed E-state index contributed by atoms with van der Waals surface area (Å²) in [6, 6.07) is 14.7. The monoisotopic (exact) mass is 478 g/mol. The van der Waals surface area contributed by atoms with E-state index in [-0.39, 0.29) is 0 Å². The summed E-state index contributed by atoms with van der Waals surface area (Å²) < 4.78 is 4.29. The Balaban J connectivity index is 2.09. The zero-order valence-corrected chi connectivity index (χ0v) is 17.1. The number of aliphatic imine (C=N–C) groups is 1. The van der Waals surface area contributed by atoms with Gasteiger partial charge >= 0.3 is 162 Å². The number of aryl methyl sites for hydroxylation is 2. The van der Waals surface area contributed by atoms with Crippen molar-refractivity contribution in [3.05, 3.63) is 59.2 Å². The molecule has 1 aliphatic rings. The minimum atomic E-state index is -0.944. The number of ether oxygens (including phenoxy) is 1. The molecule has 1 heterocycles. The summed E-state index contributed by atoms with van der Waals surface area (Å²) >= 11 is 12.1. The van der Waals surface area contributed by atoms with Gasteiger partial charge in [-0.15, -0.1) is 0 Å². The Kier molecular flexibility index (Phi) is 4.50. The van der Waals surface area contributed by atoms with Crippen molar-refractivity contribution in [3.8, 4) is 11.1 Å². The molecular formula is C18H16Br2NNiO. The summed E-state index contributed by atoms with van der Waals surface area (Å²) in [6.07, 6.45) is 0. The Bertz CT molecular complexity index is 799. The van der Waals surface area contributed by atoms with Crippen molar-refractivity contribution in [2.24, 2.45) is 4.99 Å². The second-order valence-corrected chi connectivity index (χ2v) is 9.73. The van der Waals surface area contributed by atoms with Crippen LogP contribution in [0.15, 0.2) is 47.5 Å². The molecule has 0 aromatic heterocycles. The summed E-state index contributed by atoms with van der Waals surface area (Å²) in [4.78, 5) is 4.63. The molecule has 3 rings (SSSR count). The second kappa shape index (κ2) is 6.02. The molecule has 0 radical (unpaired) electrons. The minimum absolute atomic E-state index is 0.570. The molecular weight excluding hydrogens is 465 g/mol. The van der Waals surface area contributed by atoms with E-state index < -0.39 is 7.93 Å². The van der Waals surface area contributed by atoms with E-state index in [0.29, 0.717) is 5.90 Å². The molecule has 1 unspecified atom stereocenters. The first-order valence-corrected chi connectivity index (χ1v) is 9.29. The molecule has 0 fully saturated rings. The maximum absolute atomic E-state index is 5.91. The summed E-state index contributed by atoms with van der Waals surface area (Å²) in [7, 11) is 0. The summed E-state index contributed by atoms with van der Waals surface area (Å²) in [5.74, 6) is 0.570. The Morgan fingerprint density at radius 1 is 1.00 bits per heavy atom. The van der Waals surface area contributed by atoms with E-state index in [4.69, 9.17) is 20.2 Å². The van der Waals surface area contributed by atoms with Gasteiger partial charge in [0.05, 0.1) is 0 Å². The van der Waals surface area contributed by atoms with Crippen molar-refractivity contribution in [3.63, 3.8) is 0 Å². The SMILES string of the molecule is Cc1ccc(-c2ccccc2C)cc1C1=N[C@@](C)(Br)[C]([Ni])(Br)O1. The predicted octanol–water partition coefficient (Wildman–Crippen LogP) is 5.45. The van der Waals surface area contributed by atoms with Crippen LogP contribution in [0.3, 0.4) is 0 Å². The van der Waals surface area contributed by atoms with Crippen LogP contribution >= 0.6 is 31.9 Å². The Morgan fingerprint density at radius 2 is 1.65 bits per heavy atom. The molecule has 2 aromatic rings. The van der Waals surface area contributed by atoms with Crippen molar-refractivity contribution in [2.75, 3.05) is 0 Å². The first-order chi connectivity index (χ1) is 10.7. The first kappa shape index (κ1) is 17.2. The van der Waals surface area contributed by atoms with E-state index in [1.165, 1.54) is 11.1 Å². The van der Waals surface area contributed by atoms with E-state index in [2.05, 4.69) is 87.1 Å². The van der Waals surface area contributed by atoms with Crippen molar-refractivity contribution in [1.82, 2.24) is 0 Å². The second-order valence-electron chi connectivity index (χ2n) is 5.79. The van der Waals surface area contributed by atoms with E-state index in [1.807, 2.05) is 13.0 Å². The molecule has 2 nitrogen and oxygen atoms in total. The molecule has 23 heavy (non-hydrogen) atoms. The van der Waals surface area contributed by atoms with Crippen LogP contribution in [0.1, 0.15) is 23.6 Å². The van der Waals surface area contributed by atoms with Crippen LogP contribution < -0.4 is 0 Å². The van der Waals surface area contributed by atoms with Gasteiger partial charge in [0.2, 0.25) is 0 Å². The van der Waals surface area contributed by atoms with Crippen molar-refractivity contribution in [1.29, 1.82) is 0 Å². The van der Waals surface area contributed by atoms with Gasteiger partial charge in [-0.1, -0.05) is 0 Å². The van der Waals surface area contributed by atoms with E-state index in [1.54, 1.807) is 0 Å². The molecule has 0 saturated carbocycles. The molecule has 0 amide bonds. The third kappa shape index (κ3) is 3.16. The van der Waals surface area contributed by atoms with Crippen LogP contribution in [0.4, 0.5) is 0 Å². The zero-order chi connectivity index (χ0) is 16.8. The van der Waals surface area contributed by atoms with Crippen LogP contribution in [0, 0.1) is 13.8 Å². The van der Waals surface area contributed by atoms with E-state index >= 15 is 0 Å². The van der Waals surface area contributed by atoms with Crippen LogP contribution in [0.25, 0.3) is 11.1 Å². The standard InChI is InChI=1S/C18H16Br2NO.Ni/c1-11-6-4-5-7-14(11)13-9-8-12(2)15(10-13)16-21-18(3,20)17(19)22-16;/h4-10H,1-3H3;/t18-;/m1./s1. The van der Waals surface area contributed by atoms with Gasteiger partial charge in [-0.3, -0.25) is 0 Å². The first-order valence-electron chi connectivity index (χ1n) is 7.21. The van der Waals surface area contributed by atoms with Gasteiger partial charge in [0.25, 0.3) is 0 Å². The Morgan fingerprint density at radius 3 is 2.26 bits per heavy atom. The fraction of sp³-hybridized carbons (Fsp3) is 0.278. The van der Waals surface area contributed by atoms with Gasteiger partial charge in [0, 0.05) is 0 Å². The number of halogens is 2. The van der Waals surface area contributed by atoms with Gasteiger partial charge in [0.1, 0.15) is 0 Å². The third-order valence-corrected chi connectivity index (χ3v) is 7.03. The molecule has 0 saturated heterocycles. The van der Waals surface area contributed by atoms with Gasteiger partial charge in [-0.05, 0) is 0 Å². The molecule has 1 aliphatic heterocycles. The molecule has 5 heteroatoms. The van der Waals surface area contributed by atoms with Gasteiger partial charge in [-0.25, -0.2) is 0 Å². The fourth-order valence-electron chi connectivity index (χ4n) is 2.52. The number of nitrogens with zero attached hydrogens (tertiary/aromatic N) is 1. The number of hydrogen-bond acceptors (Lipinski definition) is 2. The number of alkyl halides is 2. The third-order valence-electron chi connectivity index (χ3n) is 3.96. The Hall–Kier alpha value is -0.636. The van der Waals surface area contributed by atoms with E-state index in [0.717, 1.165) is 16.7 Å². The van der Waals surface area contributed by atoms with Gasteiger partial charge < -0.3 is 0 Å². The normalized spacial score (nSPS) is 26.8. The summed E-state index contributed by atoms with van der Waals surface area (Å²) in [5.41, 5.74) is 5.67. The molecule has 0 aliphatic carbocycles. The molecule has 123 valence electrons. The summed E-state index contributed by atoms with van der Waals surface area (Å²) in [5, 5.41) is 0. The van der Waals surface area contributed by atoms with Crippen LogP contribution in [0.5, 0.6) is 0 Å². The van der Waals surface area contributed by atoms with Gasteiger partial charge in [0.15, 0.2) is 0 Å². The molecule has 2 atom stereocenters. The topological polar surface area (TPSA) is 21.6 Å². The number of hydrogen-bond donors (Lipinski definition) is 0. The molecule has 0 N–H and O–H groups in total. The predicted molar refractivity (Wildman–Crippen MR) is 98.0 cm³/mol. The summed E-state index contributed by atoms with van der Waals surface area (Å²) in [6.45, 7) is 6.07. The molecule has 2 aromatic carbocycles. The quantitative estimate of drug-likeness (QED) is 0.318. The van der Waals surface area contributed by atoms with E-state index in [9.17, 15) is 0 Å². The number of benzene rings is 2. The zero-order valence-electron chi connectivity index (χ0n) is 13.0. The van der Waals surface area contributed by atoms with Crippen LogP contribution in [-0.2, 0) is 20.2 Å². The van der Waals surface area contributed by atoms with Crippen molar-refractivity contribution < 1.29 is 20.2 Å². The van der Waals surface area contributed by atoms with Crippen LogP contribution in [-0.4, -0.2) is 13.8 Å². The van der Waals surface area contributed by atoms with Gasteiger partial charge in [-0.2, -0.15) is 0 Å². The average molecular weight is 481 g/mol. The van der Waals surface area contributed by atoms with Crippen molar-refractivity contribution >= 4 is 37.8 Å². The molecule has 0 bridgehead atoms.